The Labute approximate surface area is 149 Å². The standard InChI is InChI=1S/C17H27N5OS/c1-13(2)16-19-21(17(24)22(16)15-4-5-15)12-20(8-3-7-18)10-14-6-9-23-11-14/h13-15H,3-6,8-12H2,1-2H3/t14-/m1/s1. The Kier molecular flexibility index (Phi) is 5.69. The first-order valence-electron chi connectivity index (χ1n) is 8.96. The maximum atomic E-state index is 8.95. The molecule has 1 aromatic heterocycles. The van der Waals surface area contributed by atoms with Crippen molar-refractivity contribution in [3.05, 3.63) is 10.6 Å². The molecule has 1 aliphatic carbocycles. The summed E-state index contributed by atoms with van der Waals surface area (Å²) < 4.78 is 10.5. The molecular weight excluding hydrogens is 322 g/mol. The summed E-state index contributed by atoms with van der Waals surface area (Å²) in [5.41, 5.74) is 0. The molecule has 0 aromatic carbocycles. The van der Waals surface area contributed by atoms with Gasteiger partial charge in [0.05, 0.1) is 19.3 Å². The molecule has 1 atom stereocenters. The van der Waals surface area contributed by atoms with Crippen molar-refractivity contribution in [2.45, 2.75) is 58.2 Å². The van der Waals surface area contributed by atoms with E-state index in [4.69, 9.17) is 27.3 Å². The number of hydrogen-bond acceptors (Lipinski definition) is 5. The lowest BCUT2D eigenvalue weighted by Gasteiger charge is -2.23. The quantitative estimate of drug-likeness (QED) is 0.675. The van der Waals surface area contributed by atoms with Crippen molar-refractivity contribution in [1.82, 2.24) is 19.2 Å². The minimum Gasteiger partial charge on any atom is -0.381 e. The molecule has 24 heavy (non-hydrogen) atoms. The van der Waals surface area contributed by atoms with Crippen molar-refractivity contribution in [1.29, 1.82) is 5.26 Å². The van der Waals surface area contributed by atoms with E-state index in [1.54, 1.807) is 0 Å². The van der Waals surface area contributed by atoms with E-state index >= 15 is 0 Å². The van der Waals surface area contributed by atoms with Crippen molar-refractivity contribution >= 4 is 12.2 Å². The van der Waals surface area contributed by atoms with E-state index in [0.29, 0.717) is 31.0 Å². The van der Waals surface area contributed by atoms with Crippen LogP contribution in [0.3, 0.4) is 0 Å². The van der Waals surface area contributed by atoms with Gasteiger partial charge in [0.25, 0.3) is 0 Å². The fraction of sp³-hybridized carbons (Fsp3) is 0.824. The SMILES string of the molecule is CC(C)c1nn(CN(CCC#N)C[C@H]2CCOC2)c(=S)n1C1CC1. The third-order valence-electron chi connectivity index (χ3n) is 4.74. The Morgan fingerprint density at radius 3 is 2.79 bits per heavy atom. The van der Waals surface area contributed by atoms with Gasteiger partial charge >= 0.3 is 0 Å². The molecule has 2 aliphatic rings. The molecule has 0 unspecified atom stereocenters. The zero-order valence-electron chi connectivity index (χ0n) is 14.6. The Morgan fingerprint density at radius 2 is 2.21 bits per heavy atom. The molecule has 7 heteroatoms. The zero-order chi connectivity index (χ0) is 17.1. The van der Waals surface area contributed by atoms with Crippen LogP contribution in [0.1, 0.15) is 57.3 Å². The first-order valence-corrected chi connectivity index (χ1v) is 9.37. The third kappa shape index (κ3) is 4.05. The molecule has 0 radical (unpaired) electrons. The van der Waals surface area contributed by atoms with Crippen molar-refractivity contribution in [2.75, 3.05) is 26.3 Å². The highest BCUT2D eigenvalue weighted by atomic mass is 32.1. The van der Waals surface area contributed by atoms with E-state index < -0.39 is 0 Å². The lowest BCUT2D eigenvalue weighted by molar-refractivity contribution is 0.148. The van der Waals surface area contributed by atoms with Gasteiger partial charge in [-0.1, -0.05) is 13.8 Å². The molecule has 2 fully saturated rings. The Balaban J connectivity index is 1.76. The van der Waals surface area contributed by atoms with Gasteiger partial charge in [-0.05, 0) is 37.4 Å². The molecule has 1 aliphatic heterocycles. The minimum absolute atomic E-state index is 0.365. The highest BCUT2D eigenvalue weighted by Crippen LogP contribution is 2.37. The van der Waals surface area contributed by atoms with Crippen LogP contribution in [-0.4, -0.2) is 45.6 Å². The van der Waals surface area contributed by atoms with Crippen LogP contribution in [0.5, 0.6) is 0 Å². The van der Waals surface area contributed by atoms with Gasteiger partial charge in [0.15, 0.2) is 4.77 Å². The van der Waals surface area contributed by atoms with Crippen LogP contribution >= 0.6 is 12.2 Å². The van der Waals surface area contributed by atoms with Gasteiger partial charge in [-0.15, -0.1) is 0 Å². The van der Waals surface area contributed by atoms with Crippen LogP contribution in [-0.2, 0) is 11.4 Å². The van der Waals surface area contributed by atoms with Crippen molar-refractivity contribution in [3.8, 4) is 6.07 Å². The van der Waals surface area contributed by atoms with Gasteiger partial charge in [0.2, 0.25) is 0 Å². The van der Waals surface area contributed by atoms with E-state index in [9.17, 15) is 0 Å². The maximum Gasteiger partial charge on any atom is 0.199 e. The fourth-order valence-corrected chi connectivity index (χ4v) is 3.65. The molecule has 1 saturated heterocycles. The number of hydrogen-bond donors (Lipinski definition) is 0. The molecule has 2 heterocycles. The van der Waals surface area contributed by atoms with E-state index in [1.165, 1.54) is 12.8 Å². The van der Waals surface area contributed by atoms with Gasteiger partial charge in [-0.2, -0.15) is 10.4 Å². The summed E-state index contributed by atoms with van der Waals surface area (Å²) in [4.78, 5) is 2.30. The maximum absolute atomic E-state index is 8.95. The van der Waals surface area contributed by atoms with Gasteiger partial charge in [-0.3, -0.25) is 4.90 Å². The second-order valence-electron chi connectivity index (χ2n) is 7.25. The van der Waals surface area contributed by atoms with Crippen LogP contribution in [0.15, 0.2) is 0 Å². The molecule has 132 valence electrons. The lowest BCUT2D eigenvalue weighted by Crippen LogP contribution is -2.33. The summed E-state index contributed by atoms with van der Waals surface area (Å²) in [6.07, 6.45) is 4.04. The van der Waals surface area contributed by atoms with Crippen LogP contribution < -0.4 is 0 Å². The normalized spacial score (nSPS) is 20.9. The Hall–Kier alpha value is -1.23. The topological polar surface area (TPSA) is 59.0 Å². The second kappa shape index (κ2) is 7.77. The lowest BCUT2D eigenvalue weighted by atomic mass is 10.1. The van der Waals surface area contributed by atoms with Crippen LogP contribution in [0.2, 0.25) is 0 Å². The van der Waals surface area contributed by atoms with Gasteiger partial charge in [-0.25, -0.2) is 4.68 Å². The van der Waals surface area contributed by atoms with Crippen molar-refractivity contribution < 1.29 is 4.74 Å². The molecule has 6 nitrogen and oxygen atoms in total. The number of rotatable bonds is 8. The van der Waals surface area contributed by atoms with Crippen LogP contribution in [0.4, 0.5) is 0 Å². The van der Waals surface area contributed by atoms with E-state index in [0.717, 1.165) is 43.3 Å². The monoisotopic (exact) mass is 349 g/mol. The highest BCUT2D eigenvalue weighted by molar-refractivity contribution is 7.71. The number of nitriles is 1. The largest absolute Gasteiger partial charge is 0.381 e. The summed E-state index contributed by atoms with van der Waals surface area (Å²) in [5, 5.41) is 13.8. The average Bonchev–Trinajstić information content (AvgIpc) is 3.15. The smallest absolute Gasteiger partial charge is 0.199 e. The average molecular weight is 350 g/mol. The van der Waals surface area contributed by atoms with Crippen LogP contribution in [0, 0.1) is 22.0 Å². The molecule has 0 bridgehead atoms. The molecule has 0 spiro atoms. The Morgan fingerprint density at radius 1 is 1.42 bits per heavy atom. The Bertz CT molecular complexity index is 649. The molecule has 1 aromatic rings. The van der Waals surface area contributed by atoms with Crippen molar-refractivity contribution in [3.63, 3.8) is 0 Å². The molecule has 1 saturated carbocycles. The van der Waals surface area contributed by atoms with E-state index in [1.807, 2.05) is 4.68 Å². The molecule has 3 rings (SSSR count). The summed E-state index contributed by atoms with van der Waals surface area (Å²) in [7, 11) is 0. The first-order chi connectivity index (χ1) is 11.6. The van der Waals surface area contributed by atoms with Crippen LogP contribution in [0.25, 0.3) is 0 Å². The number of aromatic nitrogens is 3. The summed E-state index contributed by atoms with van der Waals surface area (Å²) in [5.74, 6) is 2.00. The van der Waals surface area contributed by atoms with E-state index in [2.05, 4.69) is 29.4 Å². The highest BCUT2D eigenvalue weighted by Gasteiger charge is 2.29. The molecule has 0 amide bonds. The fourth-order valence-electron chi connectivity index (χ4n) is 3.31. The van der Waals surface area contributed by atoms with Gasteiger partial charge in [0.1, 0.15) is 5.82 Å². The van der Waals surface area contributed by atoms with Gasteiger partial charge < -0.3 is 9.30 Å². The predicted molar refractivity (Wildman–Crippen MR) is 94.1 cm³/mol. The summed E-state index contributed by atoms with van der Waals surface area (Å²) >= 11 is 5.71. The van der Waals surface area contributed by atoms with Crippen molar-refractivity contribution in [2.24, 2.45) is 5.92 Å². The molecular formula is C17H27N5OS. The minimum atomic E-state index is 0.365. The second-order valence-corrected chi connectivity index (χ2v) is 7.62. The molecule has 0 N–H and O–H groups in total. The summed E-state index contributed by atoms with van der Waals surface area (Å²) in [6.45, 7) is 8.37. The van der Waals surface area contributed by atoms with E-state index in [-0.39, 0.29) is 0 Å². The number of ether oxygens (including phenoxy) is 1. The first kappa shape index (κ1) is 17.6. The predicted octanol–water partition coefficient (Wildman–Crippen LogP) is 3.08. The third-order valence-corrected chi connectivity index (χ3v) is 5.15. The number of nitrogens with zero attached hydrogens (tertiary/aromatic N) is 5. The van der Waals surface area contributed by atoms with Gasteiger partial charge in [0, 0.05) is 38.1 Å². The summed E-state index contributed by atoms with van der Waals surface area (Å²) in [6, 6.07) is 2.79. The zero-order valence-corrected chi connectivity index (χ0v) is 15.5.